The molecule has 1 saturated heterocycles. The standard InChI is InChI=1S/C22H29F3N4O2/c1-19-7-14-8-20(2,11-19)13-21(9-14,12-19)28-18-26-10-15(16(27-18)22(23,24)25)17(30)29-3-5-31-6-4-29/h10,14H,3-9,11-13H2,1-2H3,(H,26,27,28). The van der Waals surface area contributed by atoms with Crippen molar-refractivity contribution in [3.8, 4) is 0 Å². The van der Waals surface area contributed by atoms with Crippen LogP contribution in [0.4, 0.5) is 19.1 Å². The first-order valence-electron chi connectivity index (χ1n) is 11.1. The molecular weight excluding hydrogens is 409 g/mol. The summed E-state index contributed by atoms with van der Waals surface area (Å²) in [5.74, 6) is -0.139. The van der Waals surface area contributed by atoms with E-state index < -0.39 is 23.3 Å². The number of ether oxygens (including phenoxy) is 1. The van der Waals surface area contributed by atoms with Crippen molar-refractivity contribution in [1.29, 1.82) is 0 Å². The molecule has 170 valence electrons. The third-order valence-corrected chi connectivity index (χ3v) is 7.59. The molecule has 2 atom stereocenters. The molecule has 2 unspecified atom stereocenters. The van der Waals surface area contributed by atoms with Crippen molar-refractivity contribution in [3.05, 3.63) is 17.5 Å². The van der Waals surface area contributed by atoms with Gasteiger partial charge in [-0.3, -0.25) is 4.79 Å². The fourth-order valence-corrected chi connectivity index (χ4v) is 7.58. The number of hydrogen-bond acceptors (Lipinski definition) is 5. The normalized spacial score (nSPS) is 37.2. The predicted molar refractivity (Wildman–Crippen MR) is 108 cm³/mol. The van der Waals surface area contributed by atoms with Gasteiger partial charge in [-0.15, -0.1) is 0 Å². The van der Waals surface area contributed by atoms with Crippen molar-refractivity contribution in [2.24, 2.45) is 16.7 Å². The van der Waals surface area contributed by atoms with Crippen LogP contribution in [-0.4, -0.2) is 52.6 Å². The molecule has 1 aromatic rings. The summed E-state index contributed by atoms with van der Waals surface area (Å²) in [5, 5.41) is 3.33. The number of carbonyl (C=O) groups excluding carboxylic acids is 1. The van der Waals surface area contributed by atoms with E-state index in [0.717, 1.165) is 25.5 Å². The Morgan fingerprint density at radius 3 is 2.35 bits per heavy atom. The predicted octanol–water partition coefficient (Wildman–Crippen LogP) is 4.13. The van der Waals surface area contributed by atoms with Crippen LogP contribution in [0, 0.1) is 16.7 Å². The third-order valence-electron chi connectivity index (χ3n) is 7.59. The van der Waals surface area contributed by atoms with Crippen molar-refractivity contribution >= 4 is 11.9 Å². The average molecular weight is 438 g/mol. The molecule has 1 aromatic heterocycles. The van der Waals surface area contributed by atoms with Crippen molar-refractivity contribution in [1.82, 2.24) is 14.9 Å². The van der Waals surface area contributed by atoms with Crippen LogP contribution in [0.25, 0.3) is 0 Å². The molecule has 1 aliphatic heterocycles. The van der Waals surface area contributed by atoms with Gasteiger partial charge >= 0.3 is 6.18 Å². The number of amides is 1. The van der Waals surface area contributed by atoms with E-state index >= 15 is 0 Å². The molecule has 4 saturated carbocycles. The van der Waals surface area contributed by atoms with Gasteiger partial charge in [0.2, 0.25) is 5.95 Å². The van der Waals surface area contributed by atoms with Crippen molar-refractivity contribution in [2.75, 3.05) is 31.6 Å². The highest BCUT2D eigenvalue weighted by Gasteiger charge is 2.60. The second-order valence-corrected chi connectivity index (χ2v) is 10.9. The van der Waals surface area contributed by atoms with Crippen LogP contribution in [0.5, 0.6) is 0 Å². The molecule has 0 spiro atoms. The molecular formula is C22H29F3N4O2. The topological polar surface area (TPSA) is 67.4 Å². The third kappa shape index (κ3) is 3.79. The lowest BCUT2D eigenvalue weighted by Gasteiger charge is -2.65. The Hall–Kier alpha value is -1.90. The molecule has 31 heavy (non-hydrogen) atoms. The maximum Gasteiger partial charge on any atom is 0.434 e. The van der Waals surface area contributed by atoms with Crippen LogP contribution in [0.2, 0.25) is 0 Å². The first kappa shape index (κ1) is 21.0. The Morgan fingerprint density at radius 2 is 1.77 bits per heavy atom. The maximum absolute atomic E-state index is 13.9. The highest BCUT2D eigenvalue weighted by atomic mass is 19.4. The van der Waals surface area contributed by atoms with E-state index in [-0.39, 0.29) is 35.4 Å². The lowest BCUT2D eigenvalue weighted by molar-refractivity contribution is -0.141. The molecule has 6 nitrogen and oxygen atoms in total. The SMILES string of the molecule is CC12CC3CC(C)(C1)CC(Nc1ncc(C(=O)N4CCOCC4)c(C(F)(F)F)n1)(C3)C2. The van der Waals surface area contributed by atoms with Gasteiger partial charge in [0, 0.05) is 24.8 Å². The van der Waals surface area contributed by atoms with E-state index in [1.54, 1.807) is 0 Å². The van der Waals surface area contributed by atoms with Crippen LogP contribution < -0.4 is 5.32 Å². The van der Waals surface area contributed by atoms with Crippen LogP contribution in [0.1, 0.15) is 68.4 Å². The molecule has 4 bridgehead atoms. The molecule has 9 heteroatoms. The van der Waals surface area contributed by atoms with Crippen molar-refractivity contribution in [2.45, 2.75) is 64.1 Å². The molecule has 1 N–H and O–H groups in total. The minimum atomic E-state index is -4.74. The molecule has 5 fully saturated rings. The number of nitrogens with zero attached hydrogens (tertiary/aromatic N) is 3. The second kappa shape index (κ2) is 6.80. The number of carbonyl (C=O) groups is 1. The van der Waals surface area contributed by atoms with Crippen LogP contribution in [-0.2, 0) is 10.9 Å². The van der Waals surface area contributed by atoms with Gasteiger partial charge in [0.15, 0.2) is 5.69 Å². The monoisotopic (exact) mass is 438 g/mol. The second-order valence-electron chi connectivity index (χ2n) is 10.9. The highest BCUT2D eigenvalue weighted by Crippen LogP contribution is 2.66. The van der Waals surface area contributed by atoms with Gasteiger partial charge in [-0.2, -0.15) is 13.2 Å². The number of aromatic nitrogens is 2. The van der Waals surface area contributed by atoms with Crippen molar-refractivity contribution in [3.63, 3.8) is 0 Å². The summed E-state index contributed by atoms with van der Waals surface area (Å²) in [5.41, 5.74) is -1.52. The van der Waals surface area contributed by atoms with Crippen molar-refractivity contribution < 1.29 is 22.7 Å². The number of anilines is 1. The zero-order valence-corrected chi connectivity index (χ0v) is 18.0. The van der Waals surface area contributed by atoms with Gasteiger partial charge in [-0.05, 0) is 55.3 Å². The molecule has 0 aromatic carbocycles. The molecule has 1 amide bonds. The first-order chi connectivity index (χ1) is 14.5. The summed E-state index contributed by atoms with van der Waals surface area (Å²) in [7, 11) is 0. The van der Waals surface area contributed by atoms with E-state index in [1.807, 2.05) is 0 Å². The first-order valence-corrected chi connectivity index (χ1v) is 11.1. The van der Waals surface area contributed by atoms with Gasteiger partial charge in [-0.25, -0.2) is 9.97 Å². The minimum Gasteiger partial charge on any atom is -0.378 e. The summed E-state index contributed by atoms with van der Waals surface area (Å²) in [6.45, 7) is 5.76. The maximum atomic E-state index is 13.9. The summed E-state index contributed by atoms with van der Waals surface area (Å²) in [6.07, 6.45) is 2.63. The number of halogens is 3. The van der Waals surface area contributed by atoms with E-state index in [9.17, 15) is 18.0 Å². The Labute approximate surface area is 179 Å². The minimum absolute atomic E-state index is 0.0278. The summed E-state index contributed by atoms with van der Waals surface area (Å²) in [4.78, 5) is 22.2. The molecule has 6 rings (SSSR count). The Kier molecular flexibility index (Phi) is 4.60. The number of morpholine rings is 1. The van der Waals surface area contributed by atoms with E-state index in [2.05, 4.69) is 29.1 Å². The smallest absolute Gasteiger partial charge is 0.378 e. The lowest BCUT2D eigenvalue weighted by atomic mass is 9.43. The Morgan fingerprint density at radius 1 is 1.13 bits per heavy atom. The zero-order chi connectivity index (χ0) is 22.1. The van der Waals surface area contributed by atoms with Crippen LogP contribution in [0.3, 0.4) is 0 Å². The molecule has 0 radical (unpaired) electrons. The largest absolute Gasteiger partial charge is 0.434 e. The van der Waals surface area contributed by atoms with Gasteiger partial charge in [0.25, 0.3) is 5.91 Å². The summed E-state index contributed by atoms with van der Waals surface area (Å²) in [6, 6.07) is 0. The van der Waals surface area contributed by atoms with E-state index in [4.69, 9.17) is 4.74 Å². The Balaban J connectivity index is 1.45. The van der Waals surface area contributed by atoms with E-state index in [0.29, 0.717) is 19.1 Å². The number of hydrogen-bond donors (Lipinski definition) is 1. The fourth-order valence-electron chi connectivity index (χ4n) is 7.58. The highest BCUT2D eigenvalue weighted by molar-refractivity contribution is 5.95. The van der Waals surface area contributed by atoms with Gasteiger partial charge in [-0.1, -0.05) is 13.8 Å². The molecule has 4 aliphatic carbocycles. The molecule has 2 heterocycles. The van der Waals surface area contributed by atoms with Gasteiger partial charge in [0.05, 0.1) is 18.8 Å². The Bertz CT molecular complexity index is 881. The lowest BCUT2D eigenvalue weighted by Crippen LogP contribution is -2.61. The quantitative estimate of drug-likeness (QED) is 0.769. The van der Waals surface area contributed by atoms with Gasteiger partial charge < -0.3 is 15.0 Å². The zero-order valence-electron chi connectivity index (χ0n) is 18.0. The number of nitrogens with one attached hydrogen (secondary N) is 1. The van der Waals surface area contributed by atoms with Gasteiger partial charge in [0.1, 0.15) is 0 Å². The van der Waals surface area contributed by atoms with E-state index in [1.165, 1.54) is 24.2 Å². The summed E-state index contributed by atoms with van der Waals surface area (Å²) < 4.78 is 46.8. The fraction of sp³-hybridized carbons (Fsp3) is 0.773. The van der Waals surface area contributed by atoms with Crippen LogP contribution >= 0.6 is 0 Å². The molecule has 5 aliphatic rings. The average Bonchev–Trinajstić information content (AvgIpc) is 2.64. The number of rotatable bonds is 3. The number of alkyl halides is 3. The summed E-state index contributed by atoms with van der Waals surface area (Å²) >= 11 is 0. The van der Waals surface area contributed by atoms with Crippen LogP contribution in [0.15, 0.2) is 6.20 Å².